The molecule has 0 saturated heterocycles. The third kappa shape index (κ3) is 1.53. The van der Waals surface area contributed by atoms with Crippen LogP contribution in [0.4, 0.5) is 0 Å². The number of fused-ring (bicyclic) bond motifs is 1. The third-order valence-corrected chi connectivity index (χ3v) is 2.12. The van der Waals surface area contributed by atoms with Crippen molar-refractivity contribution in [3.8, 4) is 5.75 Å². The van der Waals surface area contributed by atoms with Gasteiger partial charge >= 0.3 is 0 Å². The molecule has 1 unspecified atom stereocenters. The highest BCUT2D eigenvalue weighted by molar-refractivity contribution is 5.34. The lowest BCUT2D eigenvalue weighted by molar-refractivity contribution is -0.213. The van der Waals surface area contributed by atoms with E-state index in [0.717, 1.165) is 11.3 Å². The number of rotatable bonds is 1. The van der Waals surface area contributed by atoms with E-state index < -0.39 is 5.79 Å². The van der Waals surface area contributed by atoms with E-state index in [0.29, 0.717) is 6.61 Å². The molecule has 1 aliphatic heterocycles. The molecule has 1 aromatic rings. The maximum atomic E-state index is 9.03. The fraction of sp³-hybridized carbons (Fsp3) is 0.400. The average Bonchev–Trinajstić information content (AvgIpc) is 2.18. The molecule has 0 fully saturated rings. The van der Waals surface area contributed by atoms with Crippen molar-refractivity contribution in [2.45, 2.75) is 19.3 Å². The van der Waals surface area contributed by atoms with Gasteiger partial charge in [0.1, 0.15) is 12.4 Å². The van der Waals surface area contributed by atoms with Crippen LogP contribution in [0.5, 0.6) is 5.75 Å². The van der Waals surface area contributed by atoms with Gasteiger partial charge in [-0.25, -0.2) is 0 Å². The summed E-state index contributed by atoms with van der Waals surface area (Å²) in [5.74, 6) is -0.0840. The summed E-state index contributed by atoms with van der Waals surface area (Å²) in [5.41, 5.74) is 1.02. The molecule has 3 heteroatoms. The van der Waals surface area contributed by atoms with Crippen molar-refractivity contribution in [3.05, 3.63) is 29.8 Å². The van der Waals surface area contributed by atoms with Gasteiger partial charge in [-0.05, 0) is 6.07 Å². The molecule has 1 atom stereocenters. The van der Waals surface area contributed by atoms with Crippen LogP contribution in [-0.2, 0) is 11.3 Å². The van der Waals surface area contributed by atoms with Crippen LogP contribution in [0.15, 0.2) is 24.3 Å². The first-order chi connectivity index (χ1) is 6.23. The summed E-state index contributed by atoms with van der Waals surface area (Å²) in [6.45, 7) is 2.08. The monoisotopic (exact) mass is 180 g/mol. The number of hydrogen-bond acceptors (Lipinski definition) is 3. The number of ether oxygens (including phenoxy) is 2. The van der Waals surface area contributed by atoms with Gasteiger partial charge in [-0.2, -0.15) is 0 Å². The second kappa shape index (κ2) is 3.01. The maximum absolute atomic E-state index is 9.03. The minimum atomic E-state index is -0.881. The molecule has 1 N–H and O–H groups in total. The van der Waals surface area contributed by atoms with Crippen LogP contribution in [0, 0.1) is 0 Å². The van der Waals surface area contributed by atoms with Crippen molar-refractivity contribution in [1.29, 1.82) is 0 Å². The van der Waals surface area contributed by atoms with Crippen molar-refractivity contribution in [3.63, 3.8) is 0 Å². The third-order valence-electron chi connectivity index (χ3n) is 2.12. The van der Waals surface area contributed by atoms with Gasteiger partial charge in [-0.1, -0.05) is 18.2 Å². The van der Waals surface area contributed by atoms with Crippen LogP contribution in [0.1, 0.15) is 12.5 Å². The Labute approximate surface area is 76.9 Å². The lowest BCUT2D eigenvalue weighted by Gasteiger charge is -2.33. The van der Waals surface area contributed by atoms with E-state index in [4.69, 9.17) is 14.6 Å². The molecule has 2 rings (SSSR count). The second-order valence-electron chi connectivity index (χ2n) is 3.29. The molecule has 0 spiro atoms. The predicted octanol–water partition coefficient (Wildman–Crippen LogP) is 1.30. The van der Waals surface area contributed by atoms with E-state index >= 15 is 0 Å². The number of aliphatic hydroxyl groups excluding tert-OH is 1. The Morgan fingerprint density at radius 1 is 1.46 bits per heavy atom. The highest BCUT2D eigenvalue weighted by Gasteiger charge is 2.31. The van der Waals surface area contributed by atoms with Gasteiger partial charge in [0.25, 0.3) is 0 Å². The molecule has 13 heavy (non-hydrogen) atoms. The summed E-state index contributed by atoms with van der Waals surface area (Å²) in [4.78, 5) is 0. The Hall–Kier alpha value is -1.06. The van der Waals surface area contributed by atoms with Gasteiger partial charge in [-0.3, -0.25) is 0 Å². The Morgan fingerprint density at radius 2 is 2.23 bits per heavy atom. The van der Waals surface area contributed by atoms with E-state index in [9.17, 15) is 0 Å². The van der Waals surface area contributed by atoms with Crippen molar-refractivity contribution < 1.29 is 14.6 Å². The number of para-hydroxylation sites is 1. The average molecular weight is 180 g/mol. The van der Waals surface area contributed by atoms with Gasteiger partial charge in [0, 0.05) is 12.5 Å². The van der Waals surface area contributed by atoms with Crippen molar-refractivity contribution >= 4 is 0 Å². The van der Waals surface area contributed by atoms with E-state index in [1.54, 1.807) is 6.92 Å². The normalized spacial score (nSPS) is 26.3. The molecule has 0 saturated carbocycles. The van der Waals surface area contributed by atoms with Crippen LogP contribution in [-0.4, -0.2) is 17.5 Å². The van der Waals surface area contributed by atoms with E-state index in [1.807, 2.05) is 24.3 Å². The number of benzene rings is 1. The fourth-order valence-corrected chi connectivity index (χ4v) is 1.29. The van der Waals surface area contributed by atoms with E-state index in [2.05, 4.69) is 0 Å². The van der Waals surface area contributed by atoms with Crippen molar-refractivity contribution in [2.24, 2.45) is 0 Å². The SMILES string of the molecule is CC1(CO)OCc2ccccc2O1. The lowest BCUT2D eigenvalue weighted by Crippen LogP contribution is -2.42. The Bertz CT molecular complexity index is 311. The molecule has 1 aromatic carbocycles. The molecule has 0 aliphatic carbocycles. The summed E-state index contributed by atoms with van der Waals surface area (Å²) < 4.78 is 10.9. The first-order valence-corrected chi connectivity index (χ1v) is 4.25. The van der Waals surface area contributed by atoms with Gasteiger partial charge in [0.05, 0.1) is 6.61 Å². The minimum absolute atomic E-state index is 0.138. The van der Waals surface area contributed by atoms with E-state index in [-0.39, 0.29) is 6.61 Å². The quantitative estimate of drug-likeness (QED) is 0.708. The van der Waals surface area contributed by atoms with Crippen LogP contribution < -0.4 is 4.74 Å². The molecule has 0 radical (unpaired) electrons. The molecule has 0 aromatic heterocycles. The van der Waals surface area contributed by atoms with Crippen molar-refractivity contribution in [2.75, 3.05) is 6.61 Å². The zero-order chi connectivity index (χ0) is 9.31. The highest BCUT2D eigenvalue weighted by atomic mass is 16.7. The summed E-state index contributed by atoms with van der Waals surface area (Å²) >= 11 is 0. The minimum Gasteiger partial charge on any atom is -0.460 e. The summed E-state index contributed by atoms with van der Waals surface area (Å²) in [6.07, 6.45) is 0. The van der Waals surface area contributed by atoms with Crippen LogP contribution >= 0.6 is 0 Å². The van der Waals surface area contributed by atoms with E-state index in [1.165, 1.54) is 0 Å². The molecule has 0 bridgehead atoms. The Kier molecular flexibility index (Phi) is 1.98. The number of aliphatic hydroxyl groups is 1. The zero-order valence-electron chi connectivity index (χ0n) is 7.49. The van der Waals surface area contributed by atoms with Crippen LogP contribution in [0.2, 0.25) is 0 Å². The molecular formula is C10H12O3. The zero-order valence-corrected chi connectivity index (χ0v) is 7.49. The topological polar surface area (TPSA) is 38.7 Å². The largest absolute Gasteiger partial charge is 0.460 e. The molecule has 70 valence electrons. The second-order valence-corrected chi connectivity index (χ2v) is 3.29. The Morgan fingerprint density at radius 3 is 3.00 bits per heavy atom. The summed E-state index contributed by atoms with van der Waals surface area (Å²) in [6, 6.07) is 7.67. The smallest absolute Gasteiger partial charge is 0.231 e. The first kappa shape index (κ1) is 8.53. The molecule has 3 nitrogen and oxygen atoms in total. The van der Waals surface area contributed by atoms with Gasteiger partial charge in [0.15, 0.2) is 0 Å². The molecule has 0 amide bonds. The summed E-state index contributed by atoms with van der Waals surface area (Å²) in [7, 11) is 0. The van der Waals surface area contributed by atoms with Gasteiger partial charge < -0.3 is 14.6 Å². The highest BCUT2D eigenvalue weighted by Crippen LogP contribution is 2.30. The number of hydrogen-bond donors (Lipinski definition) is 1. The standard InChI is InChI=1S/C10H12O3/c1-10(7-11)12-6-8-4-2-3-5-9(8)13-10/h2-5,11H,6-7H2,1H3. The predicted molar refractivity (Wildman–Crippen MR) is 47.3 cm³/mol. The van der Waals surface area contributed by atoms with Gasteiger partial charge in [0.2, 0.25) is 5.79 Å². The fourth-order valence-electron chi connectivity index (χ4n) is 1.29. The maximum Gasteiger partial charge on any atom is 0.231 e. The van der Waals surface area contributed by atoms with Crippen LogP contribution in [0.3, 0.4) is 0 Å². The Balaban J connectivity index is 2.29. The lowest BCUT2D eigenvalue weighted by atomic mass is 10.2. The molecule has 1 aliphatic rings. The molecule has 1 heterocycles. The summed E-state index contributed by atoms with van der Waals surface area (Å²) in [5, 5.41) is 9.03. The van der Waals surface area contributed by atoms with Crippen molar-refractivity contribution in [1.82, 2.24) is 0 Å². The first-order valence-electron chi connectivity index (χ1n) is 4.25. The molecular weight excluding hydrogens is 168 g/mol. The van der Waals surface area contributed by atoms with Gasteiger partial charge in [-0.15, -0.1) is 0 Å². The van der Waals surface area contributed by atoms with Crippen LogP contribution in [0.25, 0.3) is 0 Å².